The van der Waals surface area contributed by atoms with Crippen LogP contribution in [0.25, 0.3) is 22.2 Å². The number of amides is 1. The number of pyridine rings is 1. The van der Waals surface area contributed by atoms with Gasteiger partial charge in [0, 0.05) is 35.4 Å². The predicted octanol–water partition coefficient (Wildman–Crippen LogP) is 7.41. The molecule has 0 aliphatic carbocycles. The Bertz CT molecular complexity index is 1940. The summed E-state index contributed by atoms with van der Waals surface area (Å²) in [7, 11) is 2.93. The molecule has 0 saturated carbocycles. The van der Waals surface area contributed by atoms with Crippen molar-refractivity contribution in [1.82, 2.24) is 19.4 Å². The summed E-state index contributed by atoms with van der Waals surface area (Å²) >= 11 is 13.5. The topological polar surface area (TPSA) is 134 Å². The van der Waals surface area contributed by atoms with Crippen LogP contribution in [0.1, 0.15) is 46.1 Å². The van der Waals surface area contributed by atoms with Gasteiger partial charge in [0.1, 0.15) is 28.8 Å². The number of hydrogen-bond donors (Lipinski definition) is 2. The van der Waals surface area contributed by atoms with Gasteiger partial charge in [0.15, 0.2) is 0 Å². The molecule has 0 aliphatic heterocycles. The number of fused-ring (bicyclic) bond motifs is 1. The third kappa shape index (κ3) is 9.13. The van der Waals surface area contributed by atoms with E-state index < -0.39 is 11.5 Å². The van der Waals surface area contributed by atoms with Gasteiger partial charge in [-0.3, -0.25) is 14.2 Å². The second kappa shape index (κ2) is 17.9. The van der Waals surface area contributed by atoms with Gasteiger partial charge in [0.05, 0.1) is 36.4 Å². The number of carbonyl (C=O) groups is 1. The van der Waals surface area contributed by atoms with Crippen molar-refractivity contribution in [2.45, 2.75) is 47.1 Å². The molecule has 0 atom stereocenters. The smallest absolute Gasteiger partial charge is 0.265 e. The first-order chi connectivity index (χ1) is 24.0. The van der Waals surface area contributed by atoms with Crippen molar-refractivity contribution in [3.8, 4) is 28.7 Å². The van der Waals surface area contributed by atoms with E-state index in [9.17, 15) is 14.9 Å². The van der Waals surface area contributed by atoms with Gasteiger partial charge in [0.2, 0.25) is 5.95 Å². The molecule has 13 heteroatoms. The van der Waals surface area contributed by atoms with Crippen LogP contribution in [-0.2, 0) is 11.3 Å². The lowest BCUT2D eigenvalue weighted by molar-refractivity contribution is -0.112. The van der Waals surface area contributed by atoms with Gasteiger partial charge in [-0.25, -0.2) is 4.98 Å². The summed E-state index contributed by atoms with van der Waals surface area (Å²) in [4.78, 5) is 39.0. The molecule has 0 fully saturated rings. The maximum atomic E-state index is 14.5. The quantitative estimate of drug-likeness (QED) is 0.0690. The zero-order chi connectivity index (χ0) is 36.4. The molecule has 0 radical (unpaired) electrons. The first-order valence-corrected chi connectivity index (χ1v) is 17.3. The lowest BCUT2D eigenvalue weighted by Gasteiger charge is -2.18. The molecular weight excluding hydrogens is 677 g/mol. The zero-order valence-corrected chi connectivity index (χ0v) is 30.8. The number of unbranched alkanes of at least 4 members (excludes halogenated alkanes) is 1. The Morgan fingerprint density at radius 3 is 2.40 bits per heavy atom. The van der Waals surface area contributed by atoms with E-state index in [-0.39, 0.29) is 50.7 Å². The highest BCUT2D eigenvalue weighted by atomic mass is 35.5. The van der Waals surface area contributed by atoms with Gasteiger partial charge in [0.25, 0.3) is 11.5 Å². The monoisotopic (exact) mass is 719 g/mol. The summed E-state index contributed by atoms with van der Waals surface area (Å²) in [6.07, 6.45) is 5.21. The number of nitrogens with one attached hydrogen (secondary N) is 2. The molecular formula is C37H43Cl2N7O4. The fourth-order valence-corrected chi connectivity index (χ4v) is 6.22. The Morgan fingerprint density at radius 1 is 1.08 bits per heavy atom. The normalized spacial score (nSPS) is 11.6. The molecule has 2 heterocycles. The Kier molecular flexibility index (Phi) is 13.6. The second-order valence-corrected chi connectivity index (χ2v) is 12.7. The first kappa shape index (κ1) is 38.2. The number of benzene rings is 2. The molecule has 0 aliphatic rings. The van der Waals surface area contributed by atoms with Gasteiger partial charge in [-0.2, -0.15) is 10.2 Å². The van der Waals surface area contributed by atoms with E-state index in [1.807, 2.05) is 26.0 Å². The summed E-state index contributed by atoms with van der Waals surface area (Å²) in [5.74, 6) is 0.478. The molecule has 0 spiro atoms. The number of carbonyl (C=O) groups excluding carboxylic acids is 1. The second-order valence-electron chi connectivity index (χ2n) is 12.0. The van der Waals surface area contributed by atoms with Crippen LogP contribution in [0, 0.1) is 17.2 Å². The fraction of sp³-hybridized carbons (Fsp3) is 0.378. The van der Waals surface area contributed by atoms with Crippen LogP contribution in [0.3, 0.4) is 0 Å². The van der Waals surface area contributed by atoms with Crippen molar-refractivity contribution >= 4 is 51.8 Å². The van der Waals surface area contributed by atoms with E-state index in [0.29, 0.717) is 34.8 Å². The molecule has 11 nitrogen and oxygen atoms in total. The van der Waals surface area contributed by atoms with E-state index in [2.05, 4.69) is 34.4 Å². The molecule has 264 valence electrons. The standard InChI is InChI=1S/C37H43Cl2N7O4/c1-7-45(8-2)15-10-9-14-41-37-42-21-26-18-28(31-32(38)29(49-5)19-30(50-6)33(31)39)36(48)46(34(26)44-37)22-24-12-11-13-27(17-24)43-35(47)25(20-40)16-23(3)4/h11-13,16-19,21,23H,7-10,14-15,22H2,1-6H3,(H,43,47)(H,41,42,44). The van der Waals surface area contributed by atoms with Crippen LogP contribution in [0.15, 0.2) is 59.0 Å². The van der Waals surface area contributed by atoms with Crippen LogP contribution >= 0.6 is 23.2 Å². The van der Waals surface area contributed by atoms with Gasteiger partial charge in [-0.1, -0.05) is 69.1 Å². The van der Waals surface area contributed by atoms with E-state index in [1.165, 1.54) is 18.8 Å². The SMILES string of the molecule is CCN(CC)CCCCNc1ncc2cc(-c3c(Cl)c(OC)cc(OC)c3Cl)c(=O)n(Cc3cccc(NC(=O)C(C#N)=CC(C)C)c3)c2n1. The highest BCUT2D eigenvalue weighted by Gasteiger charge is 2.23. The Morgan fingerprint density at radius 2 is 1.78 bits per heavy atom. The first-order valence-electron chi connectivity index (χ1n) is 16.5. The molecule has 0 bridgehead atoms. The summed E-state index contributed by atoms with van der Waals surface area (Å²) in [6.45, 7) is 11.9. The minimum absolute atomic E-state index is 0.0209. The number of anilines is 2. The third-order valence-corrected chi connectivity index (χ3v) is 8.89. The van der Waals surface area contributed by atoms with Crippen molar-refractivity contribution in [3.63, 3.8) is 0 Å². The zero-order valence-electron chi connectivity index (χ0n) is 29.3. The van der Waals surface area contributed by atoms with E-state index in [4.69, 9.17) is 37.7 Å². The van der Waals surface area contributed by atoms with Gasteiger partial charge in [-0.15, -0.1) is 0 Å². The summed E-state index contributed by atoms with van der Waals surface area (Å²) in [5.41, 5.74) is 1.61. The van der Waals surface area contributed by atoms with Crippen molar-refractivity contribution in [3.05, 3.63) is 80.2 Å². The van der Waals surface area contributed by atoms with E-state index >= 15 is 0 Å². The summed E-state index contributed by atoms with van der Waals surface area (Å²) in [5, 5.41) is 16.5. The van der Waals surface area contributed by atoms with Crippen molar-refractivity contribution in [2.75, 3.05) is 51.0 Å². The van der Waals surface area contributed by atoms with Crippen LogP contribution in [-0.4, -0.2) is 65.7 Å². The average molecular weight is 721 g/mol. The van der Waals surface area contributed by atoms with Gasteiger partial charge in [-0.05, 0) is 62.2 Å². The highest BCUT2D eigenvalue weighted by Crippen LogP contribution is 2.45. The van der Waals surface area contributed by atoms with E-state index in [0.717, 1.165) is 32.5 Å². The minimum Gasteiger partial charge on any atom is -0.495 e. The average Bonchev–Trinajstić information content (AvgIpc) is 3.10. The number of ether oxygens (including phenoxy) is 2. The molecule has 4 rings (SSSR count). The van der Waals surface area contributed by atoms with Gasteiger partial charge >= 0.3 is 0 Å². The number of nitriles is 1. The minimum atomic E-state index is -0.514. The summed E-state index contributed by atoms with van der Waals surface area (Å²) < 4.78 is 12.5. The maximum absolute atomic E-state index is 14.5. The van der Waals surface area contributed by atoms with Crippen molar-refractivity contribution in [2.24, 2.45) is 5.92 Å². The highest BCUT2D eigenvalue weighted by molar-refractivity contribution is 6.41. The predicted molar refractivity (Wildman–Crippen MR) is 201 cm³/mol. The number of hydrogen-bond acceptors (Lipinski definition) is 9. The maximum Gasteiger partial charge on any atom is 0.265 e. The molecule has 2 aromatic heterocycles. The van der Waals surface area contributed by atoms with Crippen LogP contribution in [0.4, 0.5) is 11.6 Å². The van der Waals surface area contributed by atoms with Crippen molar-refractivity contribution in [1.29, 1.82) is 5.26 Å². The molecule has 0 saturated heterocycles. The summed E-state index contributed by atoms with van der Waals surface area (Å²) in [6, 6.07) is 12.2. The lowest BCUT2D eigenvalue weighted by atomic mass is 10.0. The van der Waals surface area contributed by atoms with Crippen molar-refractivity contribution < 1.29 is 14.3 Å². The molecule has 1 amide bonds. The number of halogens is 2. The number of methoxy groups -OCH3 is 2. The number of allylic oxidation sites excluding steroid dienone is 1. The number of rotatable bonds is 16. The Labute approximate surface area is 302 Å². The number of nitrogens with zero attached hydrogens (tertiary/aromatic N) is 5. The third-order valence-electron chi connectivity index (χ3n) is 8.14. The largest absolute Gasteiger partial charge is 0.495 e. The molecule has 2 aromatic carbocycles. The van der Waals surface area contributed by atoms with Gasteiger partial charge < -0.3 is 25.0 Å². The Balaban J connectivity index is 1.79. The fourth-order valence-electron chi connectivity index (χ4n) is 5.52. The molecule has 50 heavy (non-hydrogen) atoms. The Hall–Kier alpha value is -4.63. The van der Waals surface area contributed by atoms with E-state index in [1.54, 1.807) is 42.6 Å². The van der Waals surface area contributed by atoms with Crippen LogP contribution < -0.4 is 25.7 Å². The lowest BCUT2D eigenvalue weighted by Crippen LogP contribution is -2.25. The molecule has 4 aromatic rings. The van der Waals surface area contributed by atoms with Crippen LogP contribution in [0.5, 0.6) is 11.5 Å². The van der Waals surface area contributed by atoms with Crippen LogP contribution in [0.2, 0.25) is 10.0 Å². The molecule has 2 N–H and O–H groups in total. The number of aromatic nitrogens is 3. The molecule has 0 unspecified atom stereocenters.